The van der Waals surface area contributed by atoms with Crippen LogP contribution in [-0.2, 0) is 4.79 Å². The van der Waals surface area contributed by atoms with Crippen molar-refractivity contribution in [2.75, 3.05) is 19.0 Å². The van der Waals surface area contributed by atoms with Crippen LogP contribution in [0.1, 0.15) is 0 Å². The summed E-state index contributed by atoms with van der Waals surface area (Å²) in [5, 5.41) is 5.20. The van der Waals surface area contributed by atoms with Crippen molar-refractivity contribution in [3.63, 3.8) is 0 Å². The predicted octanol–water partition coefficient (Wildman–Crippen LogP) is 3.73. The SMILES string of the molecule is COc1ccc(NC(=O)NC(=O)COc2c(Cl)cccc2Cl)cc1. The third-order valence-corrected chi connectivity index (χ3v) is 3.46. The van der Waals surface area contributed by atoms with Crippen LogP contribution in [0.25, 0.3) is 0 Å². The molecule has 126 valence electrons. The number of amides is 3. The predicted molar refractivity (Wildman–Crippen MR) is 92.1 cm³/mol. The van der Waals surface area contributed by atoms with E-state index in [2.05, 4.69) is 10.6 Å². The number of carbonyl (C=O) groups is 2. The summed E-state index contributed by atoms with van der Waals surface area (Å²) in [6.45, 7) is -0.403. The van der Waals surface area contributed by atoms with E-state index in [9.17, 15) is 9.59 Å². The zero-order valence-electron chi connectivity index (χ0n) is 12.6. The molecule has 0 aliphatic rings. The molecule has 3 amide bonds. The molecule has 0 heterocycles. The van der Waals surface area contributed by atoms with Gasteiger partial charge in [-0.25, -0.2) is 4.79 Å². The quantitative estimate of drug-likeness (QED) is 0.842. The number of urea groups is 1. The summed E-state index contributed by atoms with van der Waals surface area (Å²) < 4.78 is 10.2. The molecule has 0 aliphatic heterocycles. The molecule has 0 saturated heterocycles. The topological polar surface area (TPSA) is 76.7 Å². The molecule has 0 unspecified atom stereocenters. The second kappa shape index (κ2) is 8.42. The van der Waals surface area contributed by atoms with Crippen LogP contribution in [0.5, 0.6) is 11.5 Å². The molecule has 0 bridgehead atoms. The van der Waals surface area contributed by atoms with E-state index < -0.39 is 18.5 Å². The largest absolute Gasteiger partial charge is 0.497 e. The Bertz CT molecular complexity index is 715. The molecule has 2 aromatic carbocycles. The Morgan fingerprint density at radius 1 is 1.04 bits per heavy atom. The molecule has 0 atom stereocenters. The van der Waals surface area contributed by atoms with Gasteiger partial charge in [-0.15, -0.1) is 0 Å². The fourth-order valence-electron chi connectivity index (χ4n) is 1.76. The van der Waals surface area contributed by atoms with Gasteiger partial charge in [0.15, 0.2) is 12.4 Å². The van der Waals surface area contributed by atoms with Crippen molar-refractivity contribution in [1.29, 1.82) is 0 Å². The first kappa shape index (κ1) is 17.9. The van der Waals surface area contributed by atoms with Crippen LogP contribution in [0.2, 0.25) is 10.0 Å². The standard InChI is InChI=1S/C16H14Cl2N2O4/c1-23-11-7-5-10(6-8-11)19-16(22)20-14(21)9-24-15-12(17)3-2-4-13(15)18/h2-8H,9H2,1H3,(H2,19,20,21,22). The van der Waals surface area contributed by atoms with Crippen molar-refractivity contribution in [3.8, 4) is 11.5 Å². The van der Waals surface area contributed by atoms with Crippen LogP contribution >= 0.6 is 23.2 Å². The molecule has 2 rings (SSSR count). The number of ether oxygens (including phenoxy) is 2. The van der Waals surface area contributed by atoms with E-state index in [0.29, 0.717) is 11.4 Å². The molecule has 0 aliphatic carbocycles. The Labute approximate surface area is 148 Å². The minimum absolute atomic E-state index is 0.187. The number of nitrogens with one attached hydrogen (secondary N) is 2. The number of hydrogen-bond acceptors (Lipinski definition) is 4. The average Bonchev–Trinajstić information content (AvgIpc) is 2.55. The molecule has 2 aromatic rings. The summed E-state index contributed by atoms with van der Waals surface area (Å²) in [7, 11) is 1.54. The molecule has 0 radical (unpaired) electrons. The summed E-state index contributed by atoms with van der Waals surface area (Å²) in [5.74, 6) is 0.200. The van der Waals surface area contributed by atoms with Gasteiger partial charge in [-0.1, -0.05) is 29.3 Å². The Kier molecular flexibility index (Phi) is 6.28. The maximum absolute atomic E-state index is 11.7. The first-order chi connectivity index (χ1) is 11.5. The Balaban J connectivity index is 1.84. The highest BCUT2D eigenvalue weighted by Crippen LogP contribution is 2.32. The summed E-state index contributed by atoms with van der Waals surface area (Å²) in [6.07, 6.45) is 0. The van der Waals surface area contributed by atoms with Gasteiger partial charge in [0.1, 0.15) is 5.75 Å². The summed E-state index contributed by atoms with van der Waals surface area (Å²) in [6, 6.07) is 10.8. The second-order valence-corrected chi connectivity index (χ2v) is 5.38. The van der Waals surface area contributed by atoms with Gasteiger partial charge in [0.25, 0.3) is 5.91 Å². The van der Waals surface area contributed by atoms with Crippen molar-refractivity contribution in [2.45, 2.75) is 0 Å². The molecule has 0 spiro atoms. The maximum Gasteiger partial charge on any atom is 0.325 e. The van der Waals surface area contributed by atoms with Crippen LogP contribution in [0, 0.1) is 0 Å². The average molecular weight is 369 g/mol. The number of imide groups is 1. The van der Waals surface area contributed by atoms with Crippen molar-refractivity contribution >= 4 is 40.8 Å². The Morgan fingerprint density at radius 3 is 2.25 bits per heavy atom. The molecule has 24 heavy (non-hydrogen) atoms. The lowest BCUT2D eigenvalue weighted by atomic mass is 10.3. The number of anilines is 1. The lowest BCUT2D eigenvalue weighted by Crippen LogP contribution is -2.37. The smallest absolute Gasteiger partial charge is 0.325 e. The van der Waals surface area contributed by atoms with Crippen molar-refractivity contribution in [1.82, 2.24) is 5.32 Å². The summed E-state index contributed by atoms with van der Waals surface area (Å²) in [5.41, 5.74) is 0.510. The molecule has 0 aromatic heterocycles. The number of methoxy groups -OCH3 is 1. The fourth-order valence-corrected chi connectivity index (χ4v) is 2.26. The highest BCUT2D eigenvalue weighted by molar-refractivity contribution is 6.37. The molecular formula is C16H14Cl2N2O4. The highest BCUT2D eigenvalue weighted by atomic mass is 35.5. The normalized spacial score (nSPS) is 9.96. The van der Waals surface area contributed by atoms with E-state index >= 15 is 0 Å². The molecule has 6 nitrogen and oxygen atoms in total. The van der Waals surface area contributed by atoms with E-state index in [0.717, 1.165) is 0 Å². The molecule has 0 saturated carbocycles. The van der Waals surface area contributed by atoms with Crippen LogP contribution < -0.4 is 20.1 Å². The Hall–Kier alpha value is -2.44. The molecule has 8 heteroatoms. The number of benzene rings is 2. The van der Waals surface area contributed by atoms with Gasteiger partial charge in [-0.2, -0.15) is 0 Å². The third-order valence-electron chi connectivity index (χ3n) is 2.87. The van der Waals surface area contributed by atoms with E-state index in [1.807, 2.05) is 0 Å². The van der Waals surface area contributed by atoms with Crippen LogP contribution in [0.4, 0.5) is 10.5 Å². The van der Waals surface area contributed by atoms with E-state index in [1.54, 1.807) is 49.6 Å². The van der Waals surface area contributed by atoms with E-state index in [1.165, 1.54) is 0 Å². The van der Waals surface area contributed by atoms with E-state index in [-0.39, 0.29) is 15.8 Å². The lowest BCUT2D eigenvalue weighted by Gasteiger charge is -2.10. The summed E-state index contributed by atoms with van der Waals surface area (Å²) in [4.78, 5) is 23.5. The van der Waals surface area contributed by atoms with Gasteiger partial charge in [0.2, 0.25) is 0 Å². The van der Waals surface area contributed by atoms with Gasteiger partial charge in [-0.3, -0.25) is 10.1 Å². The molecular weight excluding hydrogens is 355 g/mol. The highest BCUT2D eigenvalue weighted by Gasteiger charge is 2.12. The van der Waals surface area contributed by atoms with Gasteiger partial charge >= 0.3 is 6.03 Å². The van der Waals surface area contributed by atoms with Gasteiger partial charge < -0.3 is 14.8 Å². The molecule has 2 N–H and O–H groups in total. The first-order valence-electron chi connectivity index (χ1n) is 6.81. The van der Waals surface area contributed by atoms with E-state index in [4.69, 9.17) is 32.7 Å². The van der Waals surface area contributed by atoms with Gasteiger partial charge in [-0.05, 0) is 36.4 Å². The maximum atomic E-state index is 11.7. The van der Waals surface area contributed by atoms with Gasteiger partial charge in [0, 0.05) is 5.69 Å². The molecule has 0 fully saturated rings. The van der Waals surface area contributed by atoms with Gasteiger partial charge in [0.05, 0.1) is 17.2 Å². The third kappa shape index (κ3) is 5.04. The number of para-hydroxylation sites is 1. The minimum atomic E-state index is -0.681. The number of rotatable bonds is 5. The zero-order chi connectivity index (χ0) is 17.5. The van der Waals surface area contributed by atoms with Crippen molar-refractivity contribution in [3.05, 3.63) is 52.5 Å². The lowest BCUT2D eigenvalue weighted by molar-refractivity contribution is -0.121. The second-order valence-electron chi connectivity index (χ2n) is 4.57. The minimum Gasteiger partial charge on any atom is -0.497 e. The van der Waals surface area contributed by atoms with Crippen LogP contribution in [-0.4, -0.2) is 25.7 Å². The monoisotopic (exact) mass is 368 g/mol. The summed E-state index contributed by atoms with van der Waals surface area (Å²) >= 11 is 11.8. The first-order valence-corrected chi connectivity index (χ1v) is 7.57. The van der Waals surface area contributed by atoms with Crippen LogP contribution in [0.3, 0.4) is 0 Å². The zero-order valence-corrected chi connectivity index (χ0v) is 14.1. The van der Waals surface area contributed by atoms with Crippen molar-refractivity contribution < 1.29 is 19.1 Å². The number of carbonyl (C=O) groups excluding carboxylic acids is 2. The van der Waals surface area contributed by atoms with Crippen LogP contribution in [0.15, 0.2) is 42.5 Å². The number of halogens is 2. The Morgan fingerprint density at radius 2 is 1.67 bits per heavy atom. The fraction of sp³-hybridized carbons (Fsp3) is 0.125. The van der Waals surface area contributed by atoms with Crippen molar-refractivity contribution in [2.24, 2.45) is 0 Å². The number of hydrogen-bond donors (Lipinski definition) is 2.